The molecule has 4 aromatic carbocycles. The van der Waals surface area contributed by atoms with Crippen molar-refractivity contribution in [2.24, 2.45) is 0 Å². The number of hydrogen-bond donors (Lipinski definition) is 2. The summed E-state index contributed by atoms with van der Waals surface area (Å²) in [6.45, 7) is 0. The largest absolute Gasteiger partial charge is 0.457 e. The molecule has 0 saturated carbocycles. The van der Waals surface area contributed by atoms with Crippen LogP contribution in [0.15, 0.2) is 91.0 Å². The van der Waals surface area contributed by atoms with Crippen LogP contribution < -0.4 is 15.4 Å². The van der Waals surface area contributed by atoms with Crippen LogP contribution in [-0.4, -0.2) is 22.6 Å². The van der Waals surface area contributed by atoms with Gasteiger partial charge in [-0.3, -0.25) is 14.4 Å². The molecular formula is C29H18N2O4S. The van der Waals surface area contributed by atoms with E-state index in [0.29, 0.717) is 39.4 Å². The molecule has 1 aliphatic carbocycles. The predicted molar refractivity (Wildman–Crippen MR) is 139 cm³/mol. The van der Waals surface area contributed by atoms with Crippen LogP contribution in [0, 0.1) is 0 Å². The Kier molecular flexibility index (Phi) is 5.20. The Morgan fingerprint density at radius 2 is 1.22 bits per heavy atom. The monoisotopic (exact) mass is 490 g/mol. The number of rotatable bonds is 2. The maximum atomic E-state index is 13.4. The van der Waals surface area contributed by atoms with E-state index >= 15 is 0 Å². The number of benzene rings is 4. The first-order chi connectivity index (χ1) is 17.5. The van der Waals surface area contributed by atoms with Crippen molar-refractivity contribution in [1.82, 2.24) is 5.32 Å². The third-order valence-corrected chi connectivity index (χ3v) is 6.57. The molecule has 6 rings (SSSR count). The summed E-state index contributed by atoms with van der Waals surface area (Å²) in [5.41, 5.74) is 3.39. The summed E-state index contributed by atoms with van der Waals surface area (Å²) in [4.78, 5) is 39.3. The smallest absolute Gasteiger partial charge is 0.238 e. The van der Waals surface area contributed by atoms with Gasteiger partial charge in [0.25, 0.3) is 0 Å². The fourth-order valence-electron chi connectivity index (χ4n) is 4.72. The molecule has 174 valence electrons. The topological polar surface area (TPSA) is 84.5 Å². The van der Waals surface area contributed by atoms with Gasteiger partial charge >= 0.3 is 0 Å². The fraction of sp³-hybridized carbons (Fsp3) is 0.0345. The van der Waals surface area contributed by atoms with E-state index in [1.54, 1.807) is 42.5 Å². The summed E-state index contributed by atoms with van der Waals surface area (Å²) in [5.74, 6) is -0.102. The van der Waals surface area contributed by atoms with Crippen LogP contribution in [0.5, 0.6) is 11.5 Å². The number of carbonyl (C=O) groups excluding carboxylic acids is 3. The third kappa shape index (κ3) is 3.57. The molecule has 0 saturated heterocycles. The highest BCUT2D eigenvalue weighted by molar-refractivity contribution is 7.80. The molecular weight excluding hydrogens is 472 g/mol. The lowest BCUT2D eigenvalue weighted by atomic mass is 9.84. The zero-order chi connectivity index (χ0) is 24.8. The first kappa shape index (κ1) is 21.9. The molecule has 0 fully saturated rings. The number of para-hydroxylation sites is 2. The molecule has 2 N–H and O–H groups in total. The number of hydrogen-bond acceptors (Lipinski definition) is 5. The Bertz CT molecular complexity index is 1570. The van der Waals surface area contributed by atoms with Crippen molar-refractivity contribution in [2.45, 2.75) is 5.92 Å². The molecule has 36 heavy (non-hydrogen) atoms. The van der Waals surface area contributed by atoms with E-state index in [2.05, 4.69) is 10.6 Å². The van der Waals surface area contributed by atoms with E-state index in [0.717, 1.165) is 11.1 Å². The van der Waals surface area contributed by atoms with Gasteiger partial charge in [0.05, 0.1) is 5.92 Å². The Hall–Kier alpha value is -4.62. The molecule has 2 aliphatic rings. The number of ketones is 2. The highest BCUT2D eigenvalue weighted by Crippen LogP contribution is 2.43. The van der Waals surface area contributed by atoms with Crippen molar-refractivity contribution in [3.63, 3.8) is 0 Å². The summed E-state index contributed by atoms with van der Waals surface area (Å²) < 4.78 is 5.97. The number of ether oxygens (including phenoxy) is 1. The Morgan fingerprint density at radius 1 is 0.694 bits per heavy atom. The fourth-order valence-corrected chi connectivity index (χ4v) is 4.93. The Labute approximate surface area is 211 Å². The zero-order valence-electron chi connectivity index (χ0n) is 18.8. The summed E-state index contributed by atoms with van der Waals surface area (Å²) in [6, 6.07) is 26.4. The van der Waals surface area contributed by atoms with Gasteiger partial charge in [0.1, 0.15) is 11.5 Å². The first-order valence-corrected chi connectivity index (χ1v) is 11.7. The molecule has 0 bridgehead atoms. The molecule has 7 heteroatoms. The predicted octanol–water partition coefficient (Wildman–Crippen LogP) is 5.21. The minimum atomic E-state index is -0.606. The maximum Gasteiger partial charge on any atom is 0.238 e. The molecule has 4 aromatic rings. The number of anilines is 1. The van der Waals surface area contributed by atoms with Crippen LogP contribution in [0.2, 0.25) is 0 Å². The highest BCUT2D eigenvalue weighted by atomic mass is 32.1. The van der Waals surface area contributed by atoms with Crippen molar-refractivity contribution in [3.05, 3.63) is 124 Å². The summed E-state index contributed by atoms with van der Waals surface area (Å²) in [7, 11) is 0. The molecule has 6 nitrogen and oxygen atoms in total. The lowest BCUT2D eigenvalue weighted by Gasteiger charge is -2.27. The lowest BCUT2D eigenvalue weighted by molar-refractivity contribution is -0.120. The average molecular weight is 491 g/mol. The first-order valence-electron chi connectivity index (χ1n) is 11.3. The zero-order valence-corrected chi connectivity index (χ0v) is 19.6. The molecule has 0 spiro atoms. The highest BCUT2D eigenvalue weighted by Gasteiger charge is 2.33. The second-order valence-corrected chi connectivity index (χ2v) is 8.93. The van der Waals surface area contributed by atoms with Crippen LogP contribution >= 0.6 is 12.2 Å². The molecule has 1 amide bonds. The van der Waals surface area contributed by atoms with Gasteiger partial charge in [-0.15, -0.1) is 0 Å². The van der Waals surface area contributed by atoms with Gasteiger partial charge in [-0.1, -0.05) is 60.7 Å². The number of amides is 1. The molecule has 0 atom stereocenters. The van der Waals surface area contributed by atoms with E-state index in [1.165, 1.54) is 0 Å². The molecule has 1 heterocycles. The molecule has 0 radical (unpaired) electrons. The van der Waals surface area contributed by atoms with Crippen LogP contribution in [0.3, 0.4) is 0 Å². The minimum Gasteiger partial charge on any atom is -0.457 e. The van der Waals surface area contributed by atoms with Crippen molar-refractivity contribution in [3.8, 4) is 11.5 Å². The Balaban J connectivity index is 1.24. The van der Waals surface area contributed by atoms with Gasteiger partial charge in [-0.05, 0) is 42.5 Å². The van der Waals surface area contributed by atoms with Crippen molar-refractivity contribution >= 4 is 40.5 Å². The van der Waals surface area contributed by atoms with Crippen molar-refractivity contribution in [1.29, 1.82) is 0 Å². The number of fused-ring (bicyclic) bond motifs is 4. The van der Waals surface area contributed by atoms with E-state index < -0.39 is 5.92 Å². The summed E-state index contributed by atoms with van der Waals surface area (Å²) >= 11 is 5.42. The van der Waals surface area contributed by atoms with E-state index in [9.17, 15) is 14.4 Å². The summed E-state index contributed by atoms with van der Waals surface area (Å²) in [6.07, 6.45) is 0. The average Bonchev–Trinajstić information content (AvgIpc) is 2.90. The van der Waals surface area contributed by atoms with Gasteiger partial charge < -0.3 is 15.4 Å². The second kappa shape index (κ2) is 8.55. The van der Waals surface area contributed by atoms with Gasteiger partial charge in [0.2, 0.25) is 5.91 Å². The lowest BCUT2D eigenvalue weighted by Crippen LogP contribution is -2.38. The standard InChI is InChI=1S/C29H18N2O4S/c32-26-17-7-1-2-8-18(17)27(33)22-15-16(13-14-19(22)26)30-29(36)31-28(34)25-20-9-3-5-11-23(20)35-24-12-6-4-10-21(24)25/h1-15,25H,(H2,30,31,34,36). The van der Waals surface area contributed by atoms with Gasteiger partial charge in [-0.25, -0.2) is 0 Å². The van der Waals surface area contributed by atoms with Gasteiger partial charge in [-0.2, -0.15) is 0 Å². The van der Waals surface area contributed by atoms with E-state index in [-0.39, 0.29) is 22.6 Å². The minimum absolute atomic E-state index is 0.0800. The number of carbonyl (C=O) groups is 3. The van der Waals surface area contributed by atoms with Crippen molar-refractivity contribution in [2.75, 3.05) is 5.32 Å². The summed E-state index contributed by atoms with van der Waals surface area (Å²) in [5, 5.41) is 5.82. The number of nitrogens with one attached hydrogen (secondary N) is 2. The normalized spacial score (nSPS) is 13.4. The van der Waals surface area contributed by atoms with Gasteiger partial charge in [0, 0.05) is 39.1 Å². The maximum absolute atomic E-state index is 13.4. The quantitative estimate of drug-likeness (QED) is 0.331. The van der Waals surface area contributed by atoms with Crippen LogP contribution in [0.25, 0.3) is 0 Å². The molecule has 0 aromatic heterocycles. The third-order valence-electron chi connectivity index (χ3n) is 6.36. The number of thiocarbonyl (C=S) groups is 1. The van der Waals surface area contributed by atoms with Crippen LogP contribution in [-0.2, 0) is 4.79 Å². The molecule has 1 aliphatic heterocycles. The SMILES string of the molecule is O=C1c2ccccc2C(=O)c2cc(NC(=S)NC(=O)C3c4ccccc4Oc4ccccc43)ccc21. The second-order valence-electron chi connectivity index (χ2n) is 8.52. The van der Waals surface area contributed by atoms with E-state index in [4.69, 9.17) is 17.0 Å². The Morgan fingerprint density at radius 3 is 1.86 bits per heavy atom. The van der Waals surface area contributed by atoms with Crippen LogP contribution in [0.1, 0.15) is 48.9 Å². The molecule has 0 unspecified atom stereocenters. The van der Waals surface area contributed by atoms with E-state index in [1.807, 2.05) is 48.5 Å². The van der Waals surface area contributed by atoms with Gasteiger partial charge in [0.15, 0.2) is 16.7 Å². The van der Waals surface area contributed by atoms with Crippen molar-refractivity contribution < 1.29 is 19.1 Å². The van der Waals surface area contributed by atoms with Crippen LogP contribution in [0.4, 0.5) is 5.69 Å².